The Morgan fingerprint density at radius 3 is 2.09 bits per heavy atom. The maximum Gasteiger partial charge on any atom is 0.268 e. The standard InChI is InChI=1S/C19H20N2O2/c1-14(17-11-7-4-8-12-17)20-19(23)18(21-15(2)22)13-16-9-5-3-6-10-16/h3-14H,1-2H3,(H,20,23)(H,21,22)/b18-13+/t14-/m1/s1. The zero-order valence-corrected chi connectivity index (χ0v) is 13.2. The monoisotopic (exact) mass is 308 g/mol. The minimum atomic E-state index is -0.319. The third kappa shape index (κ3) is 5.11. The molecule has 2 aromatic rings. The Balaban J connectivity index is 2.17. The van der Waals surface area contributed by atoms with E-state index in [0.29, 0.717) is 0 Å². The molecular formula is C19H20N2O2. The van der Waals surface area contributed by atoms with E-state index in [4.69, 9.17) is 0 Å². The molecule has 2 N–H and O–H groups in total. The van der Waals surface area contributed by atoms with Crippen LogP contribution in [0.2, 0.25) is 0 Å². The SMILES string of the molecule is CC(=O)N/C(=C/c1ccccc1)C(=O)N[C@H](C)c1ccccc1. The van der Waals surface area contributed by atoms with Gasteiger partial charge in [-0.05, 0) is 24.1 Å². The molecule has 0 bridgehead atoms. The largest absolute Gasteiger partial charge is 0.344 e. The smallest absolute Gasteiger partial charge is 0.268 e. The van der Waals surface area contributed by atoms with Crippen molar-refractivity contribution in [1.29, 1.82) is 0 Å². The van der Waals surface area contributed by atoms with Gasteiger partial charge in [-0.15, -0.1) is 0 Å². The first-order valence-electron chi connectivity index (χ1n) is 7.46. The summed E-state index contributed by atoms with van der Waals surface area (Å²) in [5.74, 6) is -0.602. The lowest BCUT2D eigenvalue weighted by atomic mass is 10.1. The van der Waals surface area contributed by atoms with Gasteiger partial charge in [0.2, 0.25) is 5.91 Å². The third-order valence-corrected chi connectivity index (χ3v) is 3.31. The van der Waals surface area contributed by atoms with E-state index in [2.05, 4.69) is 10.6 Å². The molecule has 0 spiro atoms. The lowest BCUT2D eigenvalue weighted by Crippen LogP contribution is -2.35. The summed E-state index contributed by atoms with van der Waals surface area (Å²) in [6, 6.07) is 18.9. The predicted molar refractivity (Wildman–Crippen MR) is 91.2 cm³/mol. The second-order valence-corrected chi connectivity index (χ2v) is 5.26. The highest BCUT2D eigenvalue weighted by Crippen LogP contribution is 2.12. The second-order valence-electron chi connectivity index (χ2n) is 5.26. The number of hydrogen-bond donors (Lipinski definition) is 2. The van der Waals surface area contributed by atoms with Crippen LogP contribution in [-0.4, -0.2) is 11.8 Å². The molecule has 4 nitrogen and oxygen atoms in total. The molecule has 0 saturated carbocycles. The zero-order valence-electron chi connectivity index (χ0n) is 13.2. The van der Waals surface area contributed by atoms with Gasteiger partial charge in [-0.25, -0.2) is 0 Å². The molecule has 2 amide bonds. The summed E-state index contributed by atoms with van der Waals surface area (Å²) in [7, 11) is 0. The van der Waals surface area contributed by atoms with Crippen LogP contribution in [-0.2, 0) is 9.59 Å². The molecule has 0 aromatic heterocycles. The highest BCUT2D eigenvalue weighted by atomic mass is 16.2. The Morgan fingerprint density at radius 2 is 1.52 bits per heavy atom. The number of nitrogens with one attached hydrogen (secondary N) is 2. The average Bonchev–Trinajstić information content (AvgIpc) is 2.55. The number of hydrogen-bond acceptors (Lipinski definition) is 2. The number of benzene rings is 2. The molecule has 2 aromatic carbocycles. The summed E-state index contributed by atoms with van der Waals surface area (Å²) in [6.45, 7) is 3.29. The van der Waals surface area contributed by atoms with Gasteiger partial charge in [0.05, 0.1) is 6.04 Å². The van der Waals surface area contributed by atoms with Crippen LogP contribution in [0.3, 0.4) is 0 Å². The highest BCUT2D eigenvalue weighted by molar-refractivity contribution is 6.01. The fraction of sp³-hybridized carbons (Fsp3) is 0.158. The van der Waals surface area contributed by atoms with Crippen molar-refractivity contribution in [3.05, 3.63) is 77.5 Å². The van der Waals surface area contributed by atoms with Gasteiger partial charge in [-0.2, -0.15) is 0 Å². The number of carbonyl (C=O) groups is 2. The first-order chi connectivity index (χ1) is 11.1. The van der Waals surface area contributed by atoms with Crippen molar-refractivity contribution in [1.82, 2.24) is 10.6 Å². The summed E-state index contributed by atoms with van der Waals surface area (Å²) in [6.07, 6.45) is 1.66. The van der Waals surface area contributed by atoms with Crippen LogP contribution in [0.5, 0.6) is 0 Å². The molecule has 23 heavy (non-hydrogen) atoms. The third-order valence-electron chi connectivity index (χ3n) is 3.31. The van der Waals surface area contributed by atoms with Crippen LogP contribution >= 0.6 is 0 Å². The molecule has 118 valence electrons. The van der Waals surface area contributed by atoms with E-state index in [1.54, 1.807) is 6.08 Å². The molecule has 2 rings (SSSR count). The van der Waals surface area contributed by atoms with Gasteiger partial charge < -0.3 is 10.6 Å². The lowest BCUT2D eigenvalue weighted by Gasteiger charge is -2.16. The van der Waals surface area contributed by atoms with Gasteiger partial charge in [0, 0.05) is 6.92 Å². The second kappa shape index (κ2) is 7.94. The van der Waals surface area contributed by atoms with E-state index in [0.717, 1.165) is 11.1 Å². The zero-order chi connectivity index (χ0) is 16.7. The Labute approximate surface area is 136 Å². The minimum absolute atomic E-state index is 0.156. The maximum absolute atomic E-state index is 12.5. The molecule has 0 aliphatic heterocycles. The van der Waals surface area contributed by atoms with E-state index in [-0.39, 0.29) is 23.6 Å². The Morgan fingerprint density at radius 1 is 0.957 bits per heavy atom. The first kappa shape index (κ1) is 16.5. The van der Waals surface area contributed by atoms with E-state index < -0.39 is 0 Å². The van der Waals surface area contributed by atoms with Gasteiger partial charge in [0.25, 0.3) is 5.91 Å². The quantitative estimate of drug-likeness (QED) is 0.834. The Bertz CT molecular complexity index is 694. The van der Waals surface area contributed by atoms with Gasteiger partial charge in [0.15, 0.2) is 0 Å². The highest BCUT2D eigenvalue weighted by Gasteiger charge is 2.14. The van der Waals surface area contributed by atoms with E-state index in [9.17, 15) is 9.59 Å². The normalized spacial score (nSPS) is 12.3. The van der Waals surface area contributed by atoms with Crippen LogP contribution in [0.4, 0.5) is 0 Å². The van der Waals surface area contributed by atoms with Crippen LogP contribution in [0.15, 0.2) is 66.4 Å². The van der Waals surface area contributed by atoms with Crippen molar-refractivity contribution in [3.63, 3.8) is 0 Å². The molecule has 0 saturated heterocycles. The van der Waals surface area contributed by atoms with Crippen LogP contribution < -0.4 is 10.6 Å². The Kier molecular flexibility index (Phi) is 5.69. The molecule has 0 fully saturated rings. The van der Waals surface area contributed by atoms with Crippen molar-refractivity contribution in [2.24, 2.45) is 0 Å². The minimum Gasteiger partial charge on any atom is -0.344 e. The fourth-order valence-corrected chi connectivity index (χ4v) is 2.16. The molecule has 4 heteroatoms. The van der Waals surface area contributed by atoms with Gasteiger partial charge in [-0.1, -0.05) is 60.7 Å². The lowest BCUT2D eigenvalue weighted by molar-refractivity contribution is -0.122. The summed E-state index contributed by atoms with van der Waals surface area (Å²) >= 11 is 0. The number of amides is 2. The average molecular weight is 308 g/mol. The molecule has 0 heterocycles. The van der Waals surface area contributed by atoms with Gasteiger partial charge in [-0.3, -0.25) is 9.59 Å². The van der Waals surface area contributed by atoms with Crippen LogP contribution in [0.1, 0.15) is 31.0 Å². The van der Waals surface area contributed by atoms with Gasteiger partial charge in [0.1, 0.15) is 5.70 Å². The van der Waals surface area contributed by atoms with Crippen molar-refractivity contribution in [2.75, 3.05) is 0 Å². The Hall–Kier alpha value is -2.88. The van der Waals surface area contributed by atoms with Gasteiger partial charge >= 0.3 is 0 Å². The molecule has 0 aliphatic carbocycles. The summed E-state index contributed by atoms with van der Waals surface area (Å²) < 4.78 is 0. The van der Waals surface area contributed by atoms with E-state index in [1.165, 1.54) is 6.92 Å². The topological polar surface area (TPSA) is 58.2 Å². The predicted octanol–water partition coefficient (Wildman–Crippen LogP) is 3.04. The summed E-state index contributed by atoms with van der Waals surface area (Å²) in [4.78, 5) is 23.8. The molecule has 0 unspecified atom stereocenters. The van der Waals surface area contributed by atoms with Crippen LogP contribution in [0, 0.1) is 0 Å². The van der Waals surface area contributed by atoms with Crippen molar-refractivity contribution < 1.29 is 9.59 Å². The molecule has 0 aliphatic rings. The summed E-state index contributed by atoms with van der Waals surface area (Å²) in [5, 5.41) is 5.50. The number of rotatable bonds is 5. The fourth-order valence-electron chi connectivity index (χ4n) is 2.16. The van der Waals surface area contributed by atoms with Crippen molar-refractivity contribution in [3.8, 4) is 0 Å². The molecular weight excluding hydrogens is 288 g/mol. The first-order valence-corrected chi connectivity index (χ1v) is 7.46. The van der Waals surface area contributed by atoms with Crippen molar-refractivity contribution in [2.45, 2.75) is 19.9 Å². The number of carbonyl (C=O) groups excluding carboxylic acids is 2. The molecule has 0 radical (unpaired) electrons. The maximum atomic E-state index is 12.5. The van der Waals surface area contributed by atoms with Crippen molar-refractivity contribution >= 4 is 17.9 Å². The van der Waals surface area contributed by atoms with E-state index >= 15 is 0 Å². The van der Waals surface area contributed by atoms with E-state index in [1.807, 2.05) is 67.6 Å². The van der Waals surface area contributed by atoms with Crippen LogP contribution in [0.25, 0.3) is 6.08 Å². The molecule has 1 atom stereocenters. The summed E-state index contributed by atoms with van der Waals surface area (Å²) in [5.41, 5.74) is 2.08.